The molecule has 0 aliphatic heterocycles. The van der Waals surface area contributed by atoms with E-state index < -0.39 is 0 Å². The van der Waals surface area contributed by atoms with Crippen molar-refractivity contribution >= 4 is 40.0 Å². The van der Waals surface area contributed by atoms with Crippen LogP contribution in [0.2, 0.25) is 0 Å². The number of carbonyl (C=O) groups excluding carboxylic acids is 1. The van der Waals surface area contributed by atoms with Crippen LogP contribution in [0.3, 0.4) is 0 Å². The third-order valence-electron chi connectivity index (χ3n) is 2.76. The van der Waals surface area contributed by atoms with Gasteiger partial charge in [0.2, 0.25) is 0 Å². The summed E-state index contributed by atoms with van der Waals surface area (Å²) in [5.74, 6) is 0.688. The Balaban J connectivity index is 2.51. The first-order valence-corrected chi connectivity index (χ1v) is 8.85. The highest BCUT2D eigenvalue weighted by Crippen LogP contribution is 2.25. The fourth-order valence-corrected chi connectivity index (χ4v) is 2.61. The molecule has 0 saturated heterocycles. The first-order valence-electron chi connectivity index (χ1n) is 6.75. The number of nitrogens with one attached hydrogen (secondary N) is 2. The van der Waals surface area contributed by atoms with E-state index >= 15 is 0 Å². The van der Waals surface area contributed by atoms with Crippen LogP contribution in [0.1, 0.15) is 36.9 Å². The van der Waals surface area contributed by atoms with E-state index in [1.54, 1.807) is 11.8 Å². The van der Waals surface area contributed by atoms with Crippen LogP contribution in [0.4, 0.5) is 10.9 Å². The molecule has 0 aliphatic rings. The number of nitrogens with zero attached hydrogens (tertiary/aromatic N) is 1. The number of carbonyl (C=O) groups is 1. The van der Waals surface area contributed by atoms with Crippen LogP contribution in [-0.4, -0.2) is 35.5 Å². The van der Waals surface area contributed by atoms with E-state index in [-0.39, 0.29) is 5.91 Å². The third-order valence-corrected chi connectivity index (χ3v) is 4.83. The maximum Gasteiger partial charge on any atom is 0.265 e. The summed E-state index contributed by atoms with van der Waals surface area (Å²) in [5.41, 5.74) is 5.80. The summed E-state index contributed by atoms with van der Waals surface area (Å²) in [6.07, 6.45) is 3.02. The molecule has 1 aromatic rings. The van der Waals surface area contributed by atoms with Crippen molar-refractivity contribution in [2.24, 2.45) is 5.92 Å². The molecule has 1 amide bonds. The molecule has 0 fully saturated rings. The topological polar surface area (TPSA) is 80.0 Å². The largest absolute Gasteiger partial charge is 0.382 e. The minimum atomic E-state index is -0.133. The quantitative estimate of drug-likeness (QED) is 0.687. The zero-order chi connectivity index (χ0) is 15.1. The van der Waals surface area contributed by atoms with Crippen LogP contribution in [-0.2, 0) is 0 Å². The van der Waals surface area contributed by atoms with Crippen LogP contribution in [0.5, 0.6) is 0 Å². The van der Waals surface area contributed by atoms with Gasteiger partial charge in [0.1, 0.15) is 10.7 Å². The van der Waals surface area contributed by atoms with Gasteiger partial charge in [0, 0.05) is 18.3 Å². The van der Waals surface area contributed by atoms with Crippen molar-refractivity contribution in [3.8, 4) is 0 Å². The molecule has 0 aromatic carbocycles. The SMILES string of the molecule is CSC(C)CCNC(=O)c1sc(NCC(C)C)nc1N. The fourth-order valence-electron chi connectivity index (χ4n) is 1.45. The van der Waals surface area contributed by atoms with Crippen LogP contribution >= 0.6 is 23.1 Å². The number of hydrogen-bond donors (Lipinski definition) is 3. The maximum absolute atomic E-state index is 12.0. The first-order chi connectivity index (χ1) is 9.43. The Hall–Kier alpha value is -0.950. The summed E-state index contributed by atoms with van der Waals surface area (Å²) in [5, 5.41) is 7.33. The average molecular weight is 316 g/mol. The number of anilines is 2. The lowest BCUT2D eigenvalue weighted by atomic mass is 10.2. The van der Waals surface area contributed by atoms with Crippen LogP contribution in [0, 0.1) is 5.92 Å². The summed E-state index contributed by atoms with van der Waals surface area (Å²) < 4.78 is 0. The molecular formula is C13H24N4OS2. The molecule has 1 rings (SSSR count). The predicted molar refractivity (Wildman–Crippen MR) is 89.8 cm³/mol. The van der Waals surface area contributed by atoms with E-state index in [0.717, 1.165) is 13.0 Å². The number of amides is 1. The highest BCUT2D eigenvalue weighted by atomic mass is 32.2. The number of thioether (sulfide) groups is 1. The Kier molecular flexibility index (Phi) is 7.15. The Labute approximate surface area is 129 Å². The Bertz CT molecular complexity index is 434. The van der Waals surface area contributed by atoms with Crippen LogP contribution in [0.25, 0.3) is 0 Å². The summed E-state index contributed by atoms with van der Waals surface area (Å²) in [7, 11) is 0. The molecule has 20 heavy (non-hydrogen) atoms. The molecule has 0 radical (unpaired) electrons. The highest BCUT2D eigenvalue weighted by molar-refractivity contribution is 7.99. The molecule has 1 unspecified atom stereocenters. The van der Waals surface area contributed by atoms with Crippen molar-refractivity contribution in [1.82, 2.24) is 10.3 Å². The molecule has 4 N–H and O–H groups in total. The Morgan fingerprint density at radius 1 is 1.45 bits per heavy atom. The van der Waals surface area contributed by atoms with Gasteiger partial charge in [0.25, 0.3) is 5.91 Å². The molecule has 114 valence electrons. The molecular weight excluding hydrogens is 292 g/mol. The van der Waals surface area contributed by atoms with Gasteiger partial charge in [-0.05, 0) is 18.6 Å². The molecule has 0 saturated carbocycles. The van der Waals surface area contributed by atoms with E-state index in [1.165, 1.54) is 11.3 Å². The Morgan fingerprint density at radius 3 is 2.75 bits per heavy atom. The second kappa shape index (κ2) is 8.36. The van der Waals surface area contributed by atoms with E-state index in [2.05, 4.69) is 42.6 Å². The number of aromatic nitrogens is 1. The lowest BCUT2D eigenvalue weighted by Gasteiger charge is -2.08. The molecule has 5 nitrogen and oxygen atoms in total. The molecule has 0 bridgehead atoms. The summed E-state index contributed by atoms with van der Waals surface area (Å²) in [6, 6.07) is 0. The van der Waals surface area contributed by atoms with Crippen LogP contribution in [0.15, 0.2) is 0 Å². The van der Waals surface area contributed by atoms with E-state index in [1.807, 2.05) is 0 Å². The van der Waals surface area contributed by atoms with Gasteiger partial charge in [-0.1, -0.05) is 32.1 Å². The summed E-state index contributed by atoms with van der Waals surface area (Å²) in [4.78, 5) is 16.7. The van der Waals surface area contributed by atoms with Crippen molar-refractivity contribution < 1.29 is 4.79 Å². The van der Waals surface area contributed by atoms with Gasteiger partial charge >= 0.3 is 0 Å². The molecule has 7 heteroatoms. The highest BCUT2D eigenvalue weighted by Gasteiger charge is 2.16. The normalized spacial score (nSPS) is 12.4. The van der Waals surface area contributed by atoms with E-state index in [0.29, 0.717) is 33.5 Å². The smallest absolute Gasteiger partial charge is 0.265 e. The lowest BCUT2D eigenvalue weighted by molar-refractivity contribution is 0.0958. The zero-order valence-corrected chi connectivity index (χ0v) is 14.2. The fraction of sp³-hybridized carbons (Fsp3) is 0.692. The molecule has 1 aromatic heterocycles. The second-order valence-corrected chi connectivity index (χ2v) is 7.37. The number of rotatable bonds is 8. The number of thiazole rings is 1. The van der Waals surface area contributed by atoms with Crippen molar-refractivity contribution in [2.75, 3.05) is 30.4 Å². The first kappa shape index (κ1) is 17.1. The van der Waals surface area contributed by atoms with Gasteiger partial charge in [-0.15, -0.1) is 0 Å². The van der Waals surface area contributed by atoms with Crippen molar-refractivity contribution in [3.05, 3.63) is 4.88 Å². The van der Waals surface area contributed by atoms with E-state index in [4.69, 9.17) is 5.73 Å². The zero-order valence-electron chi connectivity index (χ0n) is 12.5. The number of nitrogen functional groups attached to an aromatic ring is 1. The van der Waals surface area contributed by atoms with E-state index in [9.17, 15) is 4.79 Å². The minimum Gasteiger partial charge on any atom is -0.382 e. The van der Waals surface area contributed by atoms with Gasteiger partial charge in [-0.2, -0.15) is 11.8 Å². The number of nitrogens with two attached hydrogens (primary N) is 1. The third kappa shape index (κ3) is 5.58. The van der Waals surface area contributed by atoms with Crippen LogP contribution < -0.4 is 16.4 Å². The summed E-state index contributed by atoms with van der Waals surface area (Å²) in [6.45, 7) is 7.85. The summed E-state index contributed by atoms with van der Waals surface area (Å²) >= 11 is 3.10. The standard InChI is InChI=1S/C13H24N4OS2/c1-8(2)7-16-13-17-11(14)10(20-13)12(18)15-6-5-9(3)19-4/h8-9H,5-7,14H2,1-4H3,(H,15,18)(H,16,17). The minimum absolute atomic E-state index is 0.133. The molecule has 0 aliphatic carbocycles. The van der Waals surface area contributed by atoms with Crippen molar-refractivity contribution in [2.45, 2.75) is 32.4 Å². The van der Waals surface area contributed by atoms with Gasteiger partial charge < -0.3 is 16.4 Å². The average Bonchev–Trinajstić information content (AvgIpc) is 2.77. The van der Waals surface area contributed by atoms with Gasteiger partial charge in [0.15, 0.2) is 5.13 Å². The number of hydrogen-bond acceptors (Lipinski definition) is 6. The lowest BCUT2D eigenvalue weighted by Crippen LogP contribution is -2.25. The monoisotopic (exact) mass is 316 g/mol. The molecule has 1 atom stereocenters. The molecule has 1 heterocycles. The maximum atomic E-state index is 12.0. The van der Waals surface area contributed by atoms with Crippen molar-refractivity contribution in [1.29, 1.82) is 0 Å². The second-order valence-electron chi connectivity index (χ2n) is 5.10. The molecule has 0 spiro atoms. The van der Waals surface area contributed by atoms with Gasteiger partial charge in [-0.3, -0.25) is 4.79 Å². The van der Waals surface area contributed by atoms with Crippen molar-refractivity contribution in [3.63, 3.8) is 0 Å². The predicted octanol–water partition coefficient (Wildman–Crippen LogP) is 2.66. The van der Waals surface area contributed by atoms with Gasteiger partial charge in [0.05, 0.1) is 0 Å². The Morgan fingerprint density at radius 2 is 2.15 bits per heavy atom. The van der Waals surface area contributed by atoms with Gasteiger partial charge in [-0.25, -0.2) is 4.98 Å².